The van der Waals surface area contributed by atoms with Crippen molar-refractivity contribution in [1.29, 1.82) is 5.26 Å². The number of aliphatic hydroxyl groups excluding tert-OH is 3. The molecule has 172 valence electrons. The molecule has 1 aliphatic heterocycles. The average Bonchev–Trinajstić information content (AvgIpc) is 2.76. The van der Waals surface area contributed by atoms with Crippen molar-refractivity contribution in [3.05, 3.63) is 46.9 Å². The number of benzene rings is 2. The van der Waals surface area contributed by atoms with Gasteiger partial charge >= 0.3 is 0 Å². The van der Waals surface area contributed by atoms with E-state index in [-0.39, 0.29) is 12.2 Å². The Hall–Kier alpha value is -2.52. The van der Waals surface area contributed by atoms with Gasteiger partial charge in [0.2, 0.25) is 0 Å². The summed E-state index contributed by atoms with van der Waals surface area (Å²) < 4.78 is 33.3. The van der Waals surface area contributed by atoms with Crippen molar-refractivity contribution in [3.8, 4) is 6.07 Å². The summed E-state index contributed by atoms with van der Waals surface area (Å²) in [6, 6.07) is 11.9. The predicted octanol–water partition coefficient (Wildman–Crippen LogP) is 0.561. The van der Waals surface area contributed by atoms with Crippen molar-refractivity contribution < 1.29 is 28.5 Å². The first-order valence-electron chi connectivity index (χ1n) is 10.0. The lowest BCUT2D eigenvalue weighted by atomic mass is 9.99. The van der Waals surface area contributed by atoms with Crippen LogP contribution in [0.4, 0.5) is 5.69 Å². The maximum atomic E-state index is 12.9. The van der Waals surface area contributed by atoms with Crippen molar-refractivity contribution in [2.75, 3.05) is 32.2 Å². The molecule has 0 spiro atoms. The molecule has 0 amide bonds. The Morgan fingerprint density at radius 1 is 1.19 bits per heavy atom. The van der Waals surface area contributed by atoms with Gasteiger partial charge in [-0.1, -0.05) is 18.2 Å². The Morgan fingerprint density at radius 2 is 1.84 bits per heavy atom. The average molecular weight is 462 g/mol. The Bertz CT molecular complexity index is 1170. The molecule has 0 radical (unpaired) electrons. The second-order valence-corrected chi connectivity index (χ2v) is 9.62. The zero-order valence-corrected chi connectivity index (χ0v) is 18.9. The van der Waals surface area contributed by atoms with Gasteiger partial charge in [-0.2, -0.15) is 5.26 Å². The molecule has 9 nitrogen and oxygen atoms in total. The lowest BCUT2D eigenvalue weighted by Gasteiger charge is -2.36. The minimum atomic E-state index is -4.32. The van der Waals surface area contributed by atoms with Gasteiger partial charge in [0.25, 0.3) is 10.0 Å². The summed E-state index contributed by atoms with van der Waals surface area (Å²) in [4.78, 5) is 1.49. The molecular formula is C22H27N3O6S. The number of hydrogen-bond donors (Lipinski definition) is 4. The fourth-order valence-corrected chi connectivity index (χ4v) is 4.99. The Kier molecular flexibility index (Phi) is 7.19. The summed E-state index contributed by atoms with van der Waals surface area (Å²) in [5, 5.41) is 40.9. The number of fused-ring (bicyclic) bond motifs is 1. The van der Waals surface area contributed by atoms with Crippen molar-refractivity contribution in [3.63, 3.8) is 0 Å². The monoisotopic (exact) mass is 461 g/mol. The fourth-order valence-electron chi connectivity index (χ4n) is 3.63. The van der Waals surface area contributed by atoms with E-state index in [9.17, 15) is 23.9 Å². The largest absolute Gasteiger partial charge is 0.394 e. The smallest absolute Gasteiger partial charge is 0.251 e. The maximum absolute atomic E-state index is 12.9. The summed E-state index contributed by atoms with van der Waals surface area (Å²) in [6.45, 7) is 0.764. The normalized spacial score (nSPS) is 24.7. The number of aliphatic hydroxyl groups is 3. The number of anilines is 1. The molecule has 10 heteroatoms. The topological polar surface area (TPSA) is 143 Å². The number of hydrogen-bond acceptors (Lipinski definition) is 8. The number of allylic oxidation sites excluding steroid dienone is 2. The standard InChI is InChI=1S/C22H27N3O6S/c1-13(14-4-5-16-9-17(25(2)3)7-6-15(16)8-14)20(10-23)32(29,30)24-18-12-31-19(11-26)22(28)21(18)27/h4-9,18-19,21-22,24,26-28H,11-12H2,1-3H3/b20-13+/t18-,19+,21+,22+/m0/s1. The second kappa shape index (κ2) is 9.54. The summed E-state index contributed by atoms with van der Waals surface area (Å²) in [5.74, 6) is 0. The van der Waals surface area contributed by atoms with E-state index in [4.69, 9.17) is 9.84 Å². The van der Waals surface area contributed by atoms with Crippen LogP contribution >= 0.6 is 0 Å². The van der Waals surface area contributed by atoms with Gasteiger partial charge in [0.15, 0.2) is 4.91 Å². The van der Waals surface area contributed by atoms with Gasteiger partial charge in [0, 0.05) is 19.8 Å². The highest BCUT2D eigenvalue weighted by Crippen LogP contribution is 2.28. The third-order valence-electron chi connectivity index (χ3n) is 5.60. The van der Waals surface area contributed by atoms with Gasteiger partial charge < -0.3 is 25.0 Å². The quantitative estimate of drug-likeness (QED) is 0.457. The van der Waals surface area contributed by atoms with E-state index in [1.165, 1.54) is 6.92 Å². The molecule has 32 heavy (non-hydrogen) atoms. The van der Waals surface area contributed by atoms with Crippen LogP contribution in [0, 0.1) is 11.3 Å². The first-order valence-corrected chi connectivity index (χ1v) is 11.5. The molecule has 3 rings (SSSR count). The molecule has 1 saturated heterocycles. The molecule has 0 aliphatic carbocycles. The highest BCUT2D eigenvalue weighted by Gasteiger charge is 2.40. The lowest BCUT2D eigenvalue weighted by Crippen LogP contribution is -2.59. The van der Waals surface area contributed by atoms with Crippen LogP contribution in [0.5, 0.6) is 0 Å². The molecule has 2 aromatic carbocycles. The van der Waals surface area contributed by atoms with Crippen molar-refractivity contribution in [2.45, 2.75) is 31.3 Å². The van der Waals surface area contributed by atoms with Crippen LogP contribution in [0.25, 0.3) is 16.3 Å². The summed E-state index contributed by atoms with van der Waals surface area (Å²) in [6.07, 6.45) is -3.98. The van der Waals surface area contributed by atoms with E-state index in [0.29, 0.717) is 5.56 Å². The molecule has 4 atom stereocenters. The number of nitriles is 1. The number of ether oxygens (including phenoxy) is 1. The summed E-state index contributed by atoms with van der Waals surface area (Å²) >= 11 is 0. The van der Waals surface area contributed by atoms with Crippen molar-refractivity contribution in [2.24, 2.45) is 0 Å². The number of nitrogens with one attached hydrogen (secondary N) is 1. The number of nitrogens with zero attached hydrogens (tertiary/aromatic N) is 2. The van der Waals surface area contributed by atoms with Gasteiger partial charge in [-0.05, 0) is 47.0 Å². The highest BCUT2D eigenvalue weighted by atomic mass is 32.2. The second-order valence-electron chi connectivity index (χ2n) is 7.97. The molecule has 0 aromatic heterocycles. The van der Waals surface area contributed by atoms with Crippen LogP contribution in [-0.2, 0) is 14.8 Å². The lowest BCUT2D eigenvalue weighted by molar-refractivity contribution is -0.158. The van der Waals surface area contributed by atoms with Crippen molar-refractivity contribution in [1.82, 2.24) is 4.72 Å². The van der Waals surface area contributed by atoms with Gasteiger partial charge in [-0.15, -0.1) is 0 Å². The maximum Gasteiger partial charge on any atom is 0.251 e. The van der Waals surface area contributed by atoms with Crippen LogP contribution < -0.4 is 9.62 Å². The van der Waals surface area contributed by atoms with Crippen LogP contribution in [0.1, 0.15) is 12.5 Å². The molecule has 4 N–H and O–H groups in total. The minimum Gasteiger partial charge on any atom is -0.394 e. The highest BCUT2D eigenvalue weighted by molar-refractivity contribution is 7.93. The van der Waals surface area contributed by atoms with Gasteiger partial charge in [0.1, 0.15) is 24.4 Å². The fraction of sp³-hybridized carbons (Fsp3) is 0.409. The summed E-state index contributed by atoms with van der Waals surface area (Å²) in [7, 11) is -0.441. The Balaban J connectivity index is 1.92. The van der Waals surface area contributed by atoms with Crippen LogP contribution in [0.15, 0.2) is 41.3 Å². The molecule has 1 fully saturated rings. The van der Waals surface area contributed by atoms with E-state index in [2.05, 4.69) is 4.72 Å². The third-order valence-corrected chi connectivity index (χ3v) is 7.15. The first kappa shape index (κ1) is 24.1. The third kappa shape index (κ3) is 4.78. The van der Waals surface area contributed by atoms with Crippen LogP contribution in [-0.4, -0.2) is 75.4 Å². The van der Waals surface area contributed by atoms with Crippen LogP contribution in [0.3, 0.4) is 0 Å². The summed E-state index contributed by atoms with van der Waals surface area (Å²) in [5.41, 5.74) is 1.84. The zero-order chi connectivity index (χ0) is 23.6. The first-order chi connectivity index (χ1) is 15.1. The molecular weight excluding hydrogens is 434 g/mol. The van der Waals surface area contributed by atoms with E-state index in [1.54, 1.807) is 12.1 Å². The molecule has 1 aliphatic rings. The SMILES string of the molecule is C/C(=C(/C#N)S(=O)(=O)N[C@H]1CO[C@H](CO)[C@@H](O)[C@@H]1O)c1ccc2cc(N(C)C)ccc2c1. The molecule has 1 heterocycles. The molecule has 0 bridgehead atoms. The minimum absolute atomic E-state index is 0.249. The van der Waals surface area contributed by atoms with Gasteiger partial charge in [-0.25, -0.2) is 13.1 Å². The van der Waals surface area contributed by atoms with E-state index in [1.807, 2.05) is 49.3 Å². The van der Waals surface area contributed by atoms with Gasteiger partial charge in [0.05, 0.1) is 19.3 Å². The number of rotatable bonds is 6. The van der Waals surface area contributed by atoms with E-state index in [0.717, 1.165) is 16.5 Å². The Labute approximate surface area is 187 Å². The van der Waals surface area contributed by atoms with Crippen LogP contribution in [0.2, 0.25) is 0 Å². The number of sulfonamides is 1. The van der Waals surface area contributed by atoms with Crippen molar-refractivity contribution >= 4 is 32.1 Å². The van der Waals surface area contributed by atoms with E-state index < -0.39 is 45.9 Å². The van der Waals surface area contributed by atoms with Gasteiger partial charge in [-0.3, -0.25) is 0 Å². The molecule has 0 unspecified atom stereocenters. The molecule has 0 saturated carbocycles. The zero-order valence-electron chi connectivity index (χ0n) is 18.1. The predicted molar refractivity (Wildman–Crippen MR) is 121 cm³/mol. The van der Waals surface area contributed by atoms with E-state index >= 15 is 0 Å². The Morgan fingerprint density at radius 3 is 2.47 bits per heavy atom. The molecule has 2 aromatic rings.